The van der Waals surface area contributed by atoms with Gasteiger partial charge in [0.1, 0.15) is 40.2 Å². The van der Waals surface area contributed by atoms with E-state index in [4.69, 9.17) is 28.4 Å². The van der Waals surface area contributed by atoms with Crippen LogP contribution in [0.5, 0.6) is 40.2 Å². The third kappa shape index (κ3) is 4.66. The maximum atomic E-state index is 15.2. The summed E-state index contributed by atoms with van der Waals surface area (Å²) in [4.78, 5) is 30.1. The molecule has 0 aliphatic heterocycles. The molecule has 5 aromatic rings. The van der Waals surface area contributed by atoms with E-state index in [1.165, 1.54) is 13.2 Å². The van der Waals surface area contributed by atoms with Crippen molar-refractivity contribution in [3.63, 3.8) is 0 Å². The van der Waals surface area contributed by atoms with Gasteiger partial charge in [-0.3, -0.25) is 9.59 Å². The summed E-state index contributed by atoms with van der Waals surface area (Å²) in [6.07, 6.45) is 0.0447. The summed E-state index contributed by atoms with van der Waals surface area (Å²) in [5.41, 5.74) is 1.11. The number of carbonyl (C=O) groups excluding carboxylic acids is 2. The first kappa shape index (κ1) is 33.5. The standard InChI is InChI=1S/C40H40O9/c1-20-25(37(48-8)31-22(35(20)46-6)13-11-17-28(31)44-4)19-26-34(42)30-24(15-10-16-27(30)41)39(43)40(26,3)33-21(2)36(47-7)23-14-12-18-29(45-5)32(23)38(33)49-9/h10-18,26,41H,19H2,1-9H3/t26-,40-/m1/s1. The second kappa shape index (κ2) is 12.5. The summed E-state index contributed by atoms with van der Waals surface area (Å²) in [6, 6.07) is 15.8. The molecule has 6 rings (SSSR count). The van der Waals surface area contributed by atoms with Crippen molar-refractivity contribution in [2.75, 3.05) is 42.7 Å². The number of phenols is 1. The zero-order valence-corrected chi connectivity index (χ0v) is 29.2. The van der Waals surface area contributed by atoms with E-state index in [9.17, 15) is 9.90 Å². The van der Waals surface area contributed by atoms with E-state index in [0.717, 1.165) is 16.3 Å². The second-order valence-corrected chi connectivity index (χ2v) is 12.4. The molecule has 5 aromatic carbocycles. The molecule has 2 atom stereocenters. The van der Waals surface area contributed by atoms with Gasteiger partial charge in [0.15, 0.2) is 11.6 Å². The van der Waals surface area contributed by atoms with Crippen molar-refractivity contribution in [1.82, 2.24) is 0 Å². The predicted octanol–water partition coefficient (Wildman–Crippen LogP) is 7.56. The van der Waals surface area contributed by atoms with Gasteiger partial charge in [-0.05, 0) is 56.5 Å². The lowest BCUT2D eigenvalue weighted by atomic mass is 9.57. The zero-order chi connectivity index (χ0) is 35.4. The monoisotopic (exact) mass is 664 g/mol. The number of ether oxygens (including phenoxy) is 6. The van der Waals surface area contributed by atoms with Crippen LogP contribution in [0.1, 0.15) is 49.9 Å². The number of rotatable bonds is 9. The fourth-order valence-corrected chi connectivity index (χ4v) is 8.00. The van der Waals surface area contributed by atoms with Crippen molar-refractivity contribution in [3.8, 4) is 40.2 Å². The number of benzene rings is 5. The Hall–Kier alpha value is -5.44. The summed E-state index contributed by atoms with van der Waals surface area (Å²) in [6.45, 7) is 5.55. The average molecular weight is 665 g/mol. The summed E-state index contributed by atoms with van der Waals surface area (Å²) >= 11 is 0. The summed E-state index contributed by atoms with van der Waals surface area (Å²) in [5, 5.41) is 13.9. The van der Waals surface area contributed by atoms with Gasteiger partial charge < -0.3 is 33.5 Å². The van der Waals surface area contributed by atoms with Crippen LogP contribution in [0.2, 0.25) is 0 Å². The molecule has 0 radical (unpaired) electrons. The Morgan fingerprint density at radius 3 is 1.69 bits per heavy atom. The topological polar surface area (TPSA) is 110 Å². The number of fused-ring (bicyclic) bond motifs is 3. The highest BCUT2D eigenvalue weighted by Gasteiger charge is 2.55. The van der Waals surface area contributed by atoms with Crippen LogP contribution in [0, 0.1) is 19.8 Å². The van der Waals surface area contributed by atoms with E-state index in [0.29, 0.717) is 62.0 Å². The van der Waals surface area contributed by atoms with Gasteiger partial charge in [-0.25, -0.2) is 0 Å². The molecule has 1 N–H and O–H groups in total. The Bertz CT molecular complexity index is 2170. The highest BCUT2D eigenvalue weighted by Crippen LogP contribution is 2.56. The Kier molecular flexibility index (Phi) is 8.56. The second-order valence-electron chi connectivity index (χ2n) is 12.4. The summed E-state index contributed by atoms with van der Waals surface area (Å²) in [7, 11) is 9.41. The van der Waals surface area contributed by atoms with Gasteiger partial charge in [0.25, 0.3) is 0 Å². The first-order chi connectivity index (χ1) is 23.5. The molecule has 1 aliphatic carbocycles. The number of phenolic OH excluding ortho intramolecular Hbond substituents is 1. The molecule has 0 amide bonds. The van der Waals surface area contributed by atoms with Crippen molar-refractivity contribution in [2.24, 2.45) is 5.92 Å². The Morgan fingerprint density at radius 1 is 0.653 bits per heavy atom. The van der Waals surface area contributed by atoms with Gasteiger partial charge in [-0.15, -0.1) is 0 Å². The van der Waals surface area contributed by atoms with Crippen LogP contribution in [-0.4, -0.2) is 59.3 Å². The third-order valence-corrected chi connectivity index (χ3v) is 10.2. The van der Waals surface area contributed by atoms with Crippen molar-refractivity contribution < 1.29 is 43.1 Å². The molecule has 0 spiro atoms. The number of Topliss-reactive ketones (excluding diaryl/α,β-unsaturated/α-hetero) is 2. The van der Waals surface area contributed by atoms with Crippen LogP contribution in [0.15, 0.2) is 54.6 Å². The van der Waals surface area contributed by atoms with E-state index in [2.05, 4.69) is 0 Å². The minimum atomic E-state index is -1.53. The Morgan fingerprint density at radius 2 is 1.16 bits per heavy atom. The van der Waals surface area contributed by atoms with Gasteiger partial charge in [0.05, 0.1) is 64.4 Å². The minimum absolute atomic E-state index is 0.0149. The molecule has 9 nitrogen and oxygen atoms in total. The normalized spacial score (nSPS) is 17.2. The molecule has 0 fully saturated rings. The molecule has 0 heterocycles. The molecule has 1 aliphatic rings. The maximum absolute atomic E-state index is 15.2. The number of methoxy groups -OCH3 is 6. The van der Waals surface area contributed by atoms with Crippen LogP contribution in [-0.2, 0) is 11.8 Å². The van der Waals surface area contributed by atoms with E-state index in [-0.39, 0.29) is 29.1 Å². The largest absolute Gasteiger partial charge is 0.507 e. The van der Waals surface area contributed by atoms with E-state index < -0.39 is 17.1 Å². The maximum Gasteiger partial charge on any atom is 0.174 e. The third-order valence-electron chi connectivity index (χ3n) is 10.2. The van der Waals surface area contributed by atoms with Crippen LogP contribution in [0.25, 0.3) is 21.5 Å². The Balaban J connectivity index is 1.76. The number of hydrogen-bond donors (Lipinski definition) is 1. The molecule has 0 unspecified atom stereocenters. The number of aromatic hydroxyl groups is 1. The van der Waals surface area contributed by atoms with Crippen LogP contribution in [0.4, 0.5) is 0 Å². The van der Waals surface area contributed by atoms with Crippen LogP contribution < -0.4 is 28.4 Å². The first-order valence-electron chi connectivity index (χ1n) is 15.9. The summed E-state index contributed by atoms with van der Waals surface area (Å²) in [5.74, 6) is 1.05. The molecule has 0 bridgehead atoms. The SMILES string of the molecule is COc1c(C)c(C[C@@H]2C(=O)c3c(O)cccc3C(=O)[C@@]2(C)c2c(C)c(OC)c3cccc(OC)c3c2OC)c(OC)c2c(OC)cccc12. The van der Waals surface area contributed by atoms with Gasteiger partial charge in [-0.1, -0.05) is 36.4 Å². The first-order valence-corrected chi connectivity index (χ1v) is 15.9. The van der Waals surface area contributed by atoms with E-state index >= 15 is 4.79 Å². The van der Waals surface area contributed by atoms with Gasteiger partial charge >= 0.3 is 0 Å². The molecule has 0 saturated carbocycles. The molecule has 0 aromatic heterocycles. The summed E-state index contributed by atoms with van der Waals surface area (Å²) < 4.78 is 35.8. The molecule has 9 heteroatoms. The highest BCUT2D eigenvalue weighted by atomic mass is 16.5. The lowest BCUT2D eigenvalue weighted by Gasteiger charge is -2.42. The smallest absolute Gasteiger partial charge is 0.174 e. The molecule has 254 valence electrons. The predicted molar refractivity (Wildman–Crippen MR) is 188 cm³/mol. The molecular formula is C40H40O9. The molecular weight excluding hydrogens is 624 g/mol. The van der Waals surface area contributed by atoms with Crippen molar-refractivity contribution in [2.45, 2.75) is 32.6 Å². The van der Waals surface area contributed by atoms with Crippen molar-refractivity contribution in [3.05, 3.63) is 88.0 Å². The van der Waals surface area contributed by atoms with E-state index in [1.807, 2.05) is 50.2 Å². The van der Waals surface area contributed by atoms with Crippen LogP contribution >= 0.6 is 0 Å². The van der Waals surface area contributed by atoms with Gasteiger partial charge in [0.2, 0.25) is 0 Å². The highest BCUT2D eigenvalue weighted by molar-refractivity contribution is 6.22. The Labute approximate surface area is 285 Å². The van der Waals surface area contributed by atoms with Crippen molar-refractivity contribution in [1.29, 1.82) is 0 Å². The number of hydrogen-bond acceptors (Lipinski definition) is 9. The minimum Gasteiger partial charge on any atom is -0.507 e. The van der Waals surface area contributed by atoms with Crippen LogP contribution in [0.3, 0.4) is 0 Å². The fraction of sp³-hybridized carbons (Fsp3) is 0.300. The van der Waals surface area contributed by atoms with Crippen molar-refractivity contribution >= 4 is 33.1 Å². The number of carbonyl (C=O) groups is 2. The van der Waals surface area contributed by atoms with Gasteiger partial charge in [0, 0.05) is 33.4 Å². The number of ketones is 2. The molecule has 49 heavy (non-hydrogen) atoms. The van der Waals surface area contributed by atoms with E-state index in [1.54, 1.807) is 54.6 Å². The lowest BCUT2D eigenvalue weighted by Crippen LogP contribution is -2.50. The van der Waals surface area contributed by atoms with Gasteiger partial charge in [-0.2, -0.15) is 0 Å². The lowest BCUT2D eigenvalue weighted by molar-refractivity contribution is 0.0690. The zero-order valence-electron chi connectivity index (χ0n) is 29.2. The molecule has 0 saturated heterocycles. The fourth-order valence-electron chi connectivity index (χ4n) is 8.00. The quantitative estimate of drug-likeness (QED) is 0.171. The average Bonchev–Trinajstić information content (AvgIpc) is 3.11.